The second-order valence-corrected chi connectivity index (χ2v) is 3.15. The molecule has 0 aromatic carbocycles. The van der Waals surface area contributed by atoms with E-state index < -0.39 is 0 Å². The minimum Gasteiger partial charge on any atom is -0.388 e. The number of ether oxygens (including phenoxy) is 1. The minimum absolute atomic E-state index is 1.04. The molecule has 1 fully saturated rings. The van der Waals surface area contributed by atoms with Crippen molar-refractivity contribution < 1.29 is 4.74 Å². The summed E-state index contributed by atoms with van der Waals surface area (Å²) in [4.78, 5) is 0. The average molecular weight is 175 g/mol. The van der Waals surface area contributed by atoms with Gasteiger partial charge in [0.05, 0.1) is 0 Å². The monoisotopic (exact) mass is 175 g/mol. The van der Waals surface area contributed by atoms with Gasteiger partial charge in [0.25, 0.3) is 0 Å². The first kappa shape index (κ1) is 14.4. The molecule has 2 nitrogen and oxygen atoms in total. The number of hydrogen-bond donors (Lipinski definition) is 1. The van der Waals surface area contributed by atoms with Crippen LogP contribution in [0.4, 0.5) is 0 Å². The van der Waals surface area contributed by atoms with Crippen LogP contribution in [0.1, 0.15) is 39.0 Å². The highest BCUT2D eigenvalue weighted by molar-refractivity contribution is 4.59. The number of hydrogen-bond acceptors (Lipinski definition) is 2. The third-order valence-electron chi connectivity index (χ3n) is 1.89. The van der Waals surface area contributed by atoms with Crippen LogP contribution in [-0.4, -0.2) is 21.3 Å². The standard InChI is InChI=1S/C7H14.C2H6O.CH5N/c1-7-5-3-2-4-6-7;1-3-2;1-2/h7H,2-6H2,1H3;1-2H3;2H2,1H3. The summed E-state index contributed by atoms with van der Waals surface area (Å²) in [5.41, 5.74) is 4.50. The molecule has 0 saturated heterocycles. The fraction of sp³-hybridized carbons (Fsp3) is 1.00. The van der Waals surface area contributed by atoms with Crippen LogP contribution < -0.4 is 5.73 Å². The minimum atomic E-state index is 1.04. The largest absolute Gasteiger partial charge is 0.388 e. The SMILES string of the molecule is CC1CCCCC1.CN.COC. The first-order valence-corrected chi connectivity index (χ1v) is 4.79. The van der Waals surface area contributed by atoms with Gasteiger partial charge < -0.3 is 10.5 Å². The van der Waals surface area contributed by atoms with Crippen LogP contribution in [-0.2, 0) is 4.74 Å². The number of rotatable bonds is 0. The van der Waals surface area contributed by atoms with E-state index in [1.807, 2.05) is 0 Å². The maximum absolute atomic E-state index is 4.50. The second kappa shape index (κ2) is 13.5. The summed E-state index contributed by atoms with van der Waals surface area (Å²) in [6, 6.07) is 0. The fourth-order valence-corrected chi connectivity index (χ4v) is 1.31. The van der Waals surface area contributed by atoms with Crippen molar-refractivity contribution in [1.82, 2.24) is 0 Å². The van der Waals surface area contributed by atoms with Crippen molar-refractivity contribution >= 4 is 0 Å². The Kier molecular flexibility index (Phi) is 16.3. The highest BCUT2D eigenvalue weighted by atomic mass is 16.4. The molecule has 0 radical (unpaired) electrons. The van der Waals surface area contributed by atoms with Crippen LogP contribution >= 0.6 is 0 Å². The molecule has 2 heteroatoms. The van der Waals surface area contributed by atoms with Crippen LogP contribution in [0.15, 0.2) is 0 Å². The van der Waals surface area contributed by atoms with Crippen molar-refractivity contribution in [3.8, 4) is 0 Å². The van der Waals surface area contributed by atoms with Crippen molar-refractivity contribution in [2.75, 3.05) is 21.3 Å². The Bertz CT molecular complexity index is 60.9. The summed E-state index contributed by atoms with van der Waals surface area (Å²) in [6.07, 6.45) is 7.44. The van der Waals surface area contributed by atoms with Crippen LogP contribution in [0.5, 0.6) is 0 Å². The summed E-state index contributed by atoms with van der Waals surface area (Å²) in [6.45, 7) is 2.36. The summed E-state index contributed by atoms with van der Waals surface area (Å²) in [5, 5.41) is 0. The smallest absolute Gasteiger partial charge is 0.0351 e. The van der Waals surface area contributed by atoms with Crippen molar-refractivity contribution in [1.29, 1.82) is 0 Å². The Balaban J connectivity index is 0. The van der Waals surface area contributed by atoms with E-state index >= 15 is 0 Å². The number of methoxy groups -OCH3 is 1. The lowest BCUT2D eigenvalue weighted by Gasteiger charge is -2.15. The van der Waals surface area contributed by atoms with E-state index in [0.717, 1.165) is 5.92 Å². The molecule has 0 aromatic heterocycles. The molecule has 0 heterocycles. The topological polar surface area (TPSA) is 35.2 Å². The molecule has 0 amide bonds. The Hall–Kier alpha value is -0.0800. The summed E-state index contributed by atoms with van der Waals surface area (Å²) >= 11 is 0. The summed E-state index contributed by atoms with van der Waals surface area (Å²) in [7, 11) is 4.75. The Labute approximate surface area is 77.5 Å². The van der Waals surface area contributed by atoms with Gasteiger partial charge in [0.15, 0.2) is 0 Å². The van der Waals surface area contributed by atoms with Gasteiger partial charge in [0, 0.05) is 14.2 Å². The third-order valence-corrected chi connectivity index (χ3v) is 1.89. The van der Waals surface area contributed by atoms with Crippen LogP contribution in [0.25, 0.3) is 0 Å². The van der Waals surface area contributed by atoms with Crippen LogP contribution in [0.3, 0.4) is 0 Å². The van der Waals surface area contributed by atoms with Gasteiger partial charge in [0.1, 0.15) is 0 Å². The molecule has 0 bridgehead atoms. The molecule has 1 saturated carbocycles. The Morgan fingerprint density at radius 2 is 1.33 bits per heavy atom. The molecule has 1 aliphatic carbocycles. The predicted molar refractivity (Wildman–Crippen MR) is 55.3 cm³/mol. The summed E-state index contributed by atoms with van der Waals surface area (Å²) < 4.78 is 4.25. The Morgan fingerprint density at radius 1 is 1.00 bits per heavy atom. The van der Waals surface area contributed by atoms with E-state index in [9.17, 15) is 0 Å². The lowest BCUT2D eigenvalue weighted by molar-refractivity contribution is 0.277. The quantitative estimate of drug-likeness (QED) is 0.613. The van der Waals surface area contributed by atoms with E-state index in [-0.39, 0.29) is 0 Å². The van der Waals surface area contributed by atoms with E-state index in [4.69, 9.17) is 0 Å². The molecule has 0 aromatic rings. The first-order chi connectivity index (χ1) is 5.81. The third kappa shape index (κ3) is 12.6. The lowest BCUT2D eigenvalue weighted by Crippen LogP contribution is -1.99. The first-order valence-electron chi connectivity index (χ1n) is 4.79. The maximum Gasteiger partial charge on any atom is 0.0351 e. The molecule has 1 rings (SSSR count). The molecular weight excluding hydrogens is 150 g/mol. The van der Waals surface area contributed by atoms with E-state index in [2.05, 4.69) is 17.4 Å². The van der Waals surface area contributed by atoms with Gasteiger partial charge in [-0.3, -0.25) is 0 Å². The lowest BCUT2D eigenvalue weighted by atomic mass is 9.91. The van der Waals surface area contributed by atoms with Crippen LogP contribution in [0.2, 0.25) is 0 Å². The zero-order valence-electron chi connectivity index (χ0n) is 9.10. The fourth-order valence-electron chi connectivity index (χ4n) is 1.31. The van der Waals surface area contributed by atoms with E-state index in [1.54, 1.807) is 14.2 Å². The highest BCUT2D eigenvalue weighted by Crippen LogP contribution is 2.21. The van der Waals surface area contributed by atoms with Crippen molar-refractivity contribution in [2.45, 2.75) is 39.0 Å². The molecule has 0 spiro atoms. The normalized spacial score (nSPS) is 16.8. The van der Waals surface area contributed by atoms with E-state index in [0.29, 0.717) is 0 Å². The predicted octanol–water partition coefficient (Wildman–Crippen LogP) is 2.42. The van der Waals surface area contributed by atoms with E-state index in [1.165, 1.54) is 39.2 Å². The molecule has 1 aliphatic rings. The molecule has 0 unspecified atom stereocenters. The molecule has 12 heavy (non-hydrogen) atoms. The Morgan fingerprint density at radius 3 is 1.50 bits per heavy atom. The van der Waals surface area contributed by atoms with Crippen LogP contribution in [0, 0.1) is 5.92 Å². The van der Waals surface area contributed by atoms with Crippen molar-refractivity contribution in [2.24, 2.45) is 11.7 Å². The second-order valence-electron chi connectivity index (χ2n) is 3.15. The van der Waals surface area contributed by atoms with Crippen molar-refractivity contribution in [3.63, 3.8) is 0 Å². The zero-order valence-corrected chi connectivity index (χ0v) is 9.10. The molecule has 76 valence electrons. The molecule has 2 N–H and O–H groups in total. The maximum atomic E-state index is 4.50. The van der Waals surface area contributed by atoms with Gasteiger partial charge in [0.2, 0.25) is 0 Å². The molecular formula is C10H25NO. The van der Waals surface area contributed by atoms with Gasteiger partial charge in [-0.1, -0.05) is 39.0 Å². The molecule has 0 atom stereocenters. The van der Waals surface area contributed by atoms with Gasteiger partial charge in [-0.05, 0) is 13.0 Å². The summed E-state index contributed by atoms with van der Waals surface area (Å²) in [5.74, 6) is 1.04. The zero-order chi connectivity index (χ0) is 9.82. The molecule has 0 aliphatic heterocycles. The van der Waals surface area contributed by atoms with Gasteiger partial charge in [-0.15, -0.1) is 0 Å². The van der Waals surface area contributed by atoms with Gasteiger partial charge in [-0.2, -0.15) is 0 Å². The van der Waals surface area contributed by atoms with Crippen molar-refractivity contribution in [3.05, 3.63) is 0 Å². The van der Waals surface area contributed by atoms with Gasteiger partial charge >= 0.3 is 0 Å². The average Bonchev–Trinajstić information content (AvgIpc) is 2.11. The highest BCUT2D eigenvalue weighted by Gasteiger charge is 2.05. The van der Waals surface area contributed by atoms with Gasteiger partial charge in [-0.25, -0.2) is 0 Å². The number of nitrogens with two attached hydrogens (primary N) is 1.